The molecule has 0 radical (unpaired) electrons. The van der Waals surface area contributed by atoms with E-state index in [-0.39, 0.29) is 6.04 Å². The summed E-state index contributed by atoms with van der Waals surface area (Å²) in [6.45, 7) is 3.00. The van der Waals surface area contributed by atoms with Crippen LogP contribution in [0.5, 0.6) is 5.75 Å². The third-order valence-corrected chi connectivity index (χ3v) is 5.30. The predicted octanol–water partition coefficient (Wildman–Crippen LogP) is 3.14. The molecule has 1 atom stereocenters. The van der Waals surface area contributed by atoms with E-state index in [1.165, 1.54) is 16.8 Å². The molecule has 2 aromatic carbocycles. The van der Waals surface area contributed by atoms with Gasteiger partial charge in [-0.3, -0.25) is 9.58 Å². The fourth-order valence-electron chi connectivity index (χ4n) is 3.72. The zero-order chi connectivity index (χ0) is 19.3. The number of nitrogens with zero attached hydrogens (tertiary/aromatic N) is 4. The first kappa shape index (κ1) is 18.7. The summed E-state index contributed by atoms with van der Waals surface area (Å²) in [5, 5.41) is 8.70. The van der Waals surface area contributed by atoms with Crippen LogP contribution in [-0.4, -0.2) is 40.2 Å². The standard InChI is InChI=1S/C22H26N4O2/c1-25-20-12-13-26(14-17-8-10-19(27-2)11-9-17)21(22(20)23-24-25)16-28-15-18-6-4-3-5-7-18/h3-11,21H,12-16H2,1-2H3/t21-/m1/s1. The van der Waals surface area contributed by atoms with Crippen LogP contribution in [0.3, 0.4) is 0 Å². The maximum absolute atomic E-state index is 6.09. The number of ether oxygens (including phenoxy) is 2. The van der Waals surface area contributed by atoms with E-state index in [9.17, 15) is 0 Å². The molecule has 6 nitrogen and oxygen atoms in total. The Morgan fingerprint density at radius 2 is 1.82 bits per heavy atom. The van der Waals surface area contributed by atoms with Crippen LogP contribution in [0.15, 0.2) is 54.6 Å². The lowest BCUT2D eigenvalue weighted by Crippen LogP contribution is -2.38. The van der Waals surface area contributed by atoms with E-state index in [0.29, 0.717) is 13.2 Å². The molecular formula is C22H26N4O2. The summed E-state index contributed by atoms with van der Waals surface area (Å²) in [7, 11) is 3.65. The molecular weight excluding hydrogens is 352 g/mol. The Kier molecular flexibility index (Phi) is 5.69. The number of fused-ring (bicyclic) bond motifs is 1. The topological polar surface area (TPSA) is 52.4 Å². The normalized spacial score (nSPS) is 16.7. The summed E-state index contributed by atoms with van der Waals surface area (Å²) in [6, 6.07) is 18.6. The smallest absolute Gasteiger partial charge is 0.118 e. The van der Waals surface area contributed by atoms with Crippen LogP contribution in [0.25, 0.3) is 0 Å². The van der Waals surface area contributed by atoms with Gasteiger partial charge in [-0.1, -0.05) is 47.7 Å². The molecule has 1 aliphatic rings. The highest BCUT2D eigenvalue weighted by Crippen LogP contribution is 2.30. The molecule has 0 N–H and O–H groups in total. The van der Waals surface area contributed by atoms with Gasteiger partial charge in [0, 0.05) is 26.6 Å². The first-order valence-corrected chi connectivity index (χ1v) is 9.61. The zero-order valence-corrected chi connectivity index (χ0v) is 16.4. The highest BCUT2D eigenvalue weighted by molar-refractivity contribution is 5.28. The van der Waals surface area contributed by atoms with E-state index in [1.807, 2.05) is 42.1 Å². The van der Waals surface area contributed by atoms with Crippen molar-refractivity contribution in [2.75, 3.05) is 20.3 Å². The number of hydrogen-bond donors (Lipinski definition) is 0. The Bertz CT molecular complexity index is 893. The van der Waals surface area contributed by atoms with Gasteiger partial charge in [0.15, 0.2) is 0 Å². The Balaban J connectivity index is 1.48. The molecule has 0 fully saturated rings. The largest absolute Gasteiger partial charge is 0.497 e. The van der Waals surface area contributed by atoms with Crippen molar-refractivity contribution in [2.24, 2.45) is 7.05 Å². The quantitative estimate of drug-likeness (QED) is 0.632. The molecule has 3 aromatic rings. The fraction of sp³-hybridized carbons (Fsp3) is 0.364. The molecule has 28 heavy (non-hydrogen) atoms. The van der Waals surface area contributed by atoms with E-state index in [0.717, 1.165) is 31.0 Å². The second kappa shape index (κ2) is 8.54. The Hall–Kier alpha value is -2.70. The van der Waals surface area contributed by atoms with E-state index < -0.39 is 0 Å². The average Bonchev–Trinajstić information content (AvgIpc) is 3.12. The van der Waals surface area contributed by atoms with Crippen molar-refractivity contribution in [1.29, 1.82) is 0 Å². The lowest BCUT2D eigenvalue weighted by atomic mass is 10.0. The second-order valence-corrected chi connectivity index (χ2v) is 7.13. The molecule has 2 heterocycles. The van der Waals surface area contributed by atoms with Gasteiger partial charge in [-0.05, 0) is 23.3 Å². The minimum absolute atomic E-state index is 0.100. The van der Waals surface area contributed by atoms with Crippen molar-refractivity contribution in [3.8, 4) is 5.75 Å². The summed E-state index contributed by atoms with van der Waals surface area (Å²) >= 11 is 0. The minimum Gasteiger partial charge on any atom is -0.497 e. The number of methoxy groups -OCH3 is 1. The Morgan fingerprint density at radius 1 is 1.04 bits per heavy atom. The molecule has 0 spiro atoms. The predicted molar refractivity (Wildman–Crippen MR) is 107 cm³/mol. The van der Waals surface area contributed by atoms with Gasteiger partial charge >= 0.3 is 0 Å². The van der Waals surface area contributed by atoms with Crippen LogP contribution in [0.4, 0.5) is 0 Å². The van der Waals surface area contributed by atoms with Gasteiger partial charge in [0.2, 0.25) is 0 Å². The highest BCUT2D eigenvalue weighted by atomic mass is 16.5. The molecule has 6 heteroatoms. The molecule has 0 saturated heterocycles. The van der Waals surface area contributed by atoms with Crippen LogP contribution in [0, 0.1) is 0 Å². The van der Waals surface area contributed by atoms with Crippen molar-refractivity contribution >= 4 is 0 Å². The van der Waals surface area contributed by atoms with Crippen molar-refractivity contribution in [3.05, 3.63) is 77.1 Å². The van der Waals surface area contributed by atoms with E-state index in [1.54, 1.807) is 7.11 Å². The van der Waals surface area contributed by atoms with Gasteiger partial charge < -0.3 is 9.47 Å². The molecule has 0 amide bonds. The number of benzene rings is 2. The number of aromatic nitrogens is 3. The first-order valence-electron chi connectivity index (χ1n) is 9.61. The lowest BCUT2D eigenvalue weighted by Gasteiger charge is -2.34. The van der Waals surface area contributed by atoms with Gasteiger partial charge in [-0.15, -0.1) is 5.10 Å². The van der Waals surface area contributed by atoms with Gasteiger partial charge in [0.25, 0.3) is 0 Å². The summed E-state index contributed by atoms with van der Waals surface area (Å²) in [4.78, 5) is 2.43. The molecule has 4 rings (SSSR count). The van der Waals surface area contributed by atoms with E-state index >= 15 is 0 Å². The van der Waals surface area contributed by atoms with Crippen molar-refractivity contribution in [1.82, 2.24) is 19.9 Å². The molecule has 0 unspecified atom stereocenters. The van der Waals surface area contributed by atoms with Crippen LogP contribution in [0.1, 0.15) is 28.6 Å². The fourth-order valence-corrected chi connectivity index (χ4v) is 3.72. The molecule has 0 saturated carbocycles. The van der Waals surface area contributed by atoms with Gasteiger partial charge in [-0.25, -0.2) is 0 Å². The van der Waals surface area contributed by atoms with Crippen molar-refractivity contribution < 1.29 is 9.47 Å². The Labute approximate surface area is 165 Å². The van der Waals surface area contributed by atoms with Gasteiger partial charge in [-0.2, -0.15) is 0 Å². The molecule has 1 aliphatic heterocycles. The minimum atomic E-state index is 0.100. The first-order chi connectivity index (χ1) is 13.7. The van der Waals surface area contributed by atoms with Crippen molar-refractivity contribution in [2.45, 2.75) is 25.6 Å². The number of rotatable bonds is 7. The van der Waals surface area contributed by atoms with Gasteiger partial charge in [0.1, 0.15) is 11.4 Å². The third-order valence-electron chi connectivity index (χ3n) is 5.30. The number of aryl methyl sites for hydroxylation is 1. The maximum Gasteiger partial charge on any atom is 0.118 e. The highest BCUT2D eigenvalue weighted by Gasteiger charge is 2.31. The van der Waals surface area contributed by atoms with Gasteiger partial charge in [0.05, 0.1) is 32.1 Å². The monoisotopic (exact) mass is 378 g/mol. The van der Waals surface area contributed by atoms with E-state index in [4.69, 9.17) is 9.47 Å². The molecule has 0 bridgehead atoms. The lowest BCUT2D eigenvalue weighted by molar-refractivity contribution is 0.0389. The van der Waals surface area contributed by atoms with Crippen LogP contribution in [0.2, 0.25) is 0 Å². The van der Waals surface area contributed by atoms with Crippen LogP contribution < -0.4 is 4.74 Å². The summed E-state index contributed by atoms with van der Waals surface area (Å²) < 4.78 is 13.3. The second-order valence-electron chi connectivity index (χ2n) is 7.13. The Morgan fingerprint density at radius 3 is 2.57 bits per heavy atom. The number of hydrogen-bond acceptors (Lipinski definition) is 5. The molecule has 1 aromatic heterocycles. The maximum atomic E-state index is 6.09. The van der Waals surface area contributed by atoms with Crippen LogP contribution in [-0.2, 0) is 31.4 Å². The SMILES string of the molecule is COc1ccc(CN2CCc3c(nnn3C)[C@H]2COCc2ccccc2)cc1. The van der Waals surface area contributed by atoms with Crippen molar-refractivity contribution in [3.63, 3.8) is 0 Å². The molecule has 146 valence electrons. The van der Waals surface area contributed by atoms with E-state index in [2.05, 4.69) is 39.5 Å². The average molecular weight is 378 g/mol. The summed E-state index contributed by atoms with van der Waals surface area (Å²) in [5.41, 5.74) is 4.68. The molecule has 0 aliphatic carbocycles. The third kappa shape index (κ3) is 4.08. The zero-order valence-electron chi connectivity index (χ0n) is 16.4. The summed E-state index contributed by atoms with van der Waals surface area (Å²) in [6.07, 6.45) is 0.949. The van der Waals surface area contributed by atoms with Crippen LogP contribution >= 0.6 is 0 Å². The summed E-state index contributed by atoms with van der Waals surface area (Å²) in [5.74, 6) is 0.876.